The highest BCUT2D eigenvalue weighted by atomic mass is 16.5. The Kier molecular flexibility index (Phi) is 5.10. The van der Waals surface area contributed by atoms with E-state index in [4.69, 9.17) is 19.9 Å². The van der Waals surface area contributed by atoms with Crippen molar-refractivity contribution in [1.29, 1.82) is 0 Å². The summed E-state index contributed by atoms with van der Waals surface area (Å²) in [6.07, 6.45) is 1.72. The van der Waals surface area contributed by atoms with Crippen molar-refractivity contribution in [2.24, 2.45) is 5.73 Å². The van der Waals surface area contributed by atoms with Crippen LogP contribution < -0.4 is 19.9 Å². The largest absolute Gasteiger partial charge is 0.496 e. The summed E-state index contributed by atoms with van der Waals surface area (Å²) in [5, 5.41) is 0. The zero-order chi connectivity index (χ0) is 12.8. The van der Waals surface area contributed by atoms with Gasteiger partial charge in [0, 0.05) is 23.7 Å². The molecule has 0 saturated carbocycles. The van der Waals surface area contributed by atoms with Gasteiger partial charge in [0.1, 0.15) is 17.2 Å². The molecule has 1 atom stereocenters. The lowest BCUT2D eigenvalue weighted by Gasteiger charge is -2.15. The van der Waals surface area contributed by atoms with Crippen LogP contribution in [0.15, 0.2) is 12.1 Å². The molecule has 0 aromatic heterocycles. The minimum absolute atomic E-state index is 0.159. The first kappa shape index (κ1) is 13.6. The Morgan fingerprint density at radius 2 is 1.59 bits per heavy atom. The van der Waals surface area contributed by atoms with E-state index in [1.165, 1.54) is 0 Å². The second kappa shape index (κ2) is 6.35. The summed E-state index contributed by atoms with van der Waals surface area (Å²) >= 11 is 0. The fourth-order valence-corrected chi connectivity index (χ4v) is 1.70. The zero-order valence-corrected chi connectivity index (χ0v) is 10.9. The van der Waals surface area contributed by atoms with Crippen molar-refractivity contribution in [3.05, 3.63) is 17.7 Å². The molecular weight excluding hydrogens is 218 g/mol. The number of nitrogens with two attached hydrogens (primary N) is 1. The van der Waals surface area contributed by atoms with Gasteiger partial charge in [0.15, 0.2) is 0 Å². The molecule has 0 unspecified atom stereocenters. The molecule has 0 heterocycles. The third kappa shape index (κ3) is 3.53. The zero-order valence-electron chi connectivity index (χ0n) is 10.9. The number of benzene rings is 1. The summed E-state index contributed by atoms with van der Waals surface area (Å²) in [6, 6.07) is 3.88. The second-order valence-corrected chi connectivity index (χ2v) is 4.03. The molecule has 1 rings (SSSR count). The second-order valence-electron chi connectivity index (χ2n) is 4.03. The lowest BCUT2D eigenvalue weighted by Crippen LogP contribution is -2.15. The number of hydrogen-bond donors (Lipinski definition) is 1. The average Bonchev–Trinajstić information content (AvgIpc) is 2.34. The Bertz CT molecular complexity index is 339. The van der Waals surface area contributed by atoms with Crippen LogP contribution in [-0.4, -0.2) is 27.4 Å². The van der Waals surface area contributed by atoms with Gasteiger partial charge in [0.05, 0.1) is 21.3 Å². The molecule has 17 heavy (non-hydrogen) atoms. The van der Waals surface area contributed by atoms with Crippen molar-refractivity contribution in [3.63, 3.8) is 0 Å². The van der Waals surface area contributed by atoms with Gasteiger partial charge in [-0.1, -0.05) is 0 Å². The summed E-state index contributed by atoms with van der Waals surface area (Å²) in [6.45, 7) is 1.99. The minimum atomic E-state index is 0.159. The molecule has 0 spiro atoms. The lowest BCUT2D eigenvalue weighted by molar-refractivity contribution is 0.367. The van der Waals surface area contributed by atoms with Crippen molar-refractivity contribution in [3.8, 4) is 17.2 Å². The number of methoxy groups -OCH3 is 3. The van der Waals surface area contributed by atoms with Crippen molar-refractivity contribution in [2.75, 3.05) is 21.3 Å². The van der Waals surface area contributed by atoms with Gasteiger partial charge in [-0.25, -0.2) is 0 Å². The highest BCUT2D eigenvalue weighted by Gasteiger charge is 2.13. The molecule has 0 fully saturated rings. The number of ether oxygens (including phenoxy) is 3. The van der Waals surface area contributed by atoms with E-state index >= 15 is 0 Å². The SMILES string of the molecule is COc1cc(OC)c(CC[C@H](C)N)c(OC)c1. The van der Waals surface area contributed by atoms with E-state index in [0.29, 0.717) is 0 Å². The maximum Gasteiger partial charge on any atom is 0.129 e. The highest BCUT2D eigenvalue weighted by molar-refractivity contribution is 5.50. The van der Waals surface area contributed by atoms with Crippen LogP contribution in [0.5, 0.6) is 17.2 Å². The van der Waals surface area contributed by atoms with E-state index in [9.17, 15) is 0 Å². The van der Waals surface area contributed by atoms with E-state index in [-0.39, 0.29) is 6.04 Å². The molecule has 96 valence electrons. The van der Waals surface area contributed by atoms with Crippen LogP contribution in [0.25, 0.3) is 0 Å². The van der Waals surface area contributed by atoms with Crippen LogP contribution in [0.1, 0.15) is 18.9 Å². The van der Waals surface area contributed by atoms with E-state index in [2.05, 4.69) is 0 Å². The molecule has 0 aliphatic carbocycles. The standard InChI is InChI=1S/C13H21NO3/c1-9(14)5-6-11-12(16-3)7-10(15-2)8-13(11)17-4/h7-9H,5-6,14H2,1-4H3/t9-/m0/s1. The van der Waals surface area contributed by atoms with Crippen LogP contribution in [0.3, 0.4) is 0 Å². The smallest absolute Gasteiger partial charge is 0.129 e. The van der Waals surface area contributed by atoms with Gasteiger partial charge >= 0.3 is 0 Å². The first-order valence-electron chi connectivity index (χ1n) is 5.66. The quantitative estimate of drug-likeness (QED) is 0.825. The van der Waals surface area contributed by atoms with Crippen LogP contribution in [0.4, 0.5) is 0 Å². The Morgan fingerprint density at radius 1 is 1.06 bits per heavy atom. The fraction of sp³-hybridized carbons (Fsp3) is 0.538. The predicted molar refractivity (Wildman–Crippen MR) is 68.1 cm³/mol. The van der Waals surface area contributed by atoms with Gasteiger partial charge in [0.2, 0.25) is 0 Å². The van der Waals surface area contributed by atoms with E-state index in [1.54, 1.807) is 21.3 Å². The molecule has 2 N–H and O–H groups in total. The monoisotopic (exact) mass is 239 g/mol. The van der Waals surface area contributed by atoms with Crippen molar-refractivity contribution in [1.82, 2.24) is 0 Å². The van der Waals surface area contributed by atoms with Crippen molar-refractivity contribution >= 4 is 0 Å². The van der Waals surface area contributed by atoms with E-state index in [0.717, 1.165) is 35.7 Å². The molecule has 0 aliphatic heterocycles. The van der Waals surface area contributed by atoms with Gasteiger partial charge in [-0.2, -0.15) is 0 Å². The lowest BCUT2D eigenvalue weighted by atomic mass is 10.0. The molecule has 4 heteroatoms. The Hall–Kier alpha value is -1.42. The fourth-order valence-electron chi connectivity index (χ4n) is 1.70. The summed E-state index contributed by atoms with van der Waals surface area (Å²) in [4.78, 5) is 0. The normalized spacial score (nSPS) is 12.1. The topological polar surface area (TPSA) is 53.7 Å². The first-order chi connectivity index (χ1) is 8.12. The summed E-state index contributed by atoms with van der Waals surface area (Å²) in [5.74, 6) is 2.28. The molecular formula is C13H21NO3. The maximum atomic E-state index is 5.77. The average molecular weight is 239 g/mol. The van der Waals surface area contributed by atoms with Crippen molar-refractivity contribution in [2.45, 2.75) is 25.8 Å². The van der Waals surface area contributed by atoms with Crippen LogP contribution in [-0.2, 0) is 6.42 Å². The Balaban J connectivity index is 3.06. The van der Waals surface area contributed by atoms with Crippen LogP contribution in [0, 0.1) is 0 Å². The van der Waals surface area contributed by atoms with Gasteiger partial charge in [0.25, 0.3) is 0 Å². The summed E-state index contributed by atoms with van der Waals surface area (Å²) in [7, 11) is 4.91. The Morgan fingerprint density at radius 3 is 1.94 bits per heavy atom. The van der Waals surface area contributed by atoms with Gasteiger partial charge in [-0.3, -0.25) is 0 Å². The molecule has 1 aromatic carbocycles. The molecule has 4 nitrogen and oxygen atoms in total. The molecule has 0 saturated heterocycles. The van der Waals surface area contributed by atoms with E-state index in [1.807, 2.05) is 19.1 Å². The molecule has 0 amide bonds. The van der Waals surface area contributed by atoms with E-state index < -0.39 is 0 Å². The minimum Gasteiger partial charge on any atom is -0.496 e. The van der Waals surface area contributed by atoms with Gasteiger partial charge in [-0.05, 0) is 19.8 Å². The third-order valence-corrected chi connectivity index (χ3v) is 2.67. The first-order valence-corrected chi connectivity index (χ1v) is 5.66. The molecule has 0 bridgehead atoms. The summed E-state index contributed by atoms with van der Waals surface area (Å²) < 4.78 is 15.9. The Labute approximate surface area is 103 Å². The van der Waals surface area contributed by atoms with Gasteiger partial charge in [-0.15, -0.1) is 0 Å². The molecule has 0 aliphatic rings. The van der Waals surface area contributed by atoms with Crippen LogP contribution in [0.2, 0.25) is 0 Å². The predicted octanol–water partition coefficient (Wildman–Crippen LogP) is 1.99. The van der Waals surface area contributed by atoms with Crippen molar-refractivity contribution < 1.29 is 14.2 Å². The number of hydrogen-bond acceptors (Lipinski definition) is 4. The molecule has 1 aromatic rings. The number of rotatable bonds is 6. The highest BCUT2D eigenvalue weighted by Crippen LogP contribution is 2.34. The summed E-state index contributed by atoms with van der Waals surface area (Å²) in [5.41, 5.74) is 6.81. The van der Waals surface area contributed by atoms with Crippen LogP contribution >= 0.6 is 0 Å². The van der Waals surface area contributed by atoms with Gasteiger partial charge < -0.3 is 19.9 Å². The maximum absolute atomic E-state index is 5.77. The molecule has 0 radical (unpaired) electrons. The third-order valence-electron chi connectivity index (χ3n) is 2.67.